The van der Waals surface area contributed by atoms with Crippen LogP contribution in [0.3, 0.4) is 0 Å². The van der Waals surface area contributed by atoms with Gasteiger partial charge in [0.15, 0.2) is 0 Å². The Balaban J connectivity index is 0.000000306. The van der Waals surface area contributed by atoms with Gasteiger partial charge in [-0.2, -0.15) is 127 Å². The molecule has 2 nitrogen and oxygen atoms in total. The van der Waals surface area contributed by atoms with Gasteiger partial charge in [0.05, 0.1) is 50.5 Å². The Hall–Kier alpha value is -6.53. The number of aryl methyl sites for hydroxylation is 6. The van der Waals surface area contributed by atoms with Crippen molar-refractivity contribution in [3.63, 3.8) is 0 Å². The van der Waals surface area contributed by atoms with Crippen molar-refractivity contribution in [2.75, 3.05) is 6.61 Å². The van der Waals surface area contributed by atoms with Crippen molar-refractivity contribution in [2.45, 2.75) is 143 Å². The Morgan fingerprint density at radius 2 is 0.600 bits per heavy atom. The summed E-state index contributed by atoms with van der Waals surface area (Å²) in [7, 11) is -0.794. The number of nitrogens with zero attached hydrogens (tertiary/aromatic N) is 1. The van der Waals surface area contributed by atoms with E-state index >= 15 is 0 Å². The van der Waals surface area contributed by atoms with Crippen LogP contribution in [0.1, 0.15) is 130 Å². The van der Waals surface area contributed by atoms with Gasteiger partial charge in [0.1, 0.15) is 12.8 Å². The number of hydrogen-bond acceptors (Lipinski definition) is 2. The first kappa shape index (κ1) is 82.4. The van der Waals surface area contributed by atoms with Crippen LogP contribution < -0.4 is 37.8 Å². The van der Waals surface area contributed by atoms with Gasteiger partial charge in [-0.05, 0) is 175 Å². The molecule has 7 aromatic rings. The Labute approximate surface area is 576 Å². The van der Waals surface area contributed by atoms with Crippen LogP contribution >= 0.6 is 7.92 Å². The van der Waals surface area contributed by atoms with Crippen LogP contribution in [-0.2, 0) is 74.3 Å². The van der Waals surface area contributed by atoms with Crippen LogP contribution in [0.15, 0.2) is 126 Å². The number of alkyl halides is 24. The van der Waals surface area contributed by atoms with E-state index in [-0.39, 0.29) is 31.6 Å². The second kappa shape index (κ2) is 30.4. The van der Waals surface area contributed by atoms with Crippen LogP contribution in [0.25, 0.3) is 0 Å². The van der Waals surface area contributed by atoms with E-state index in [2.05, 4.69) is 137 Å². The molecule has 1 aliphatic heterocycles. The number of ether oxygens (including phenoxy) is 1. The summed E-state index contributed by atoms with van der Waals surface area (Å²) in [6, 6.07) is 9.48. The summed E-state index contributed by atoms with van der Waals surface area (Å²) in [5, 5.41) is 4.24. The maximum absolute atomic E-state index is 14.2. The third kappa shape index (κ3) is 19.6. The molecular formula is C71H62BF24IrNOP-. The minimum absolute atomic E-state index is 0. The zero-order valence-corrected chi connectivity index (χ0v) is 57.5. The first-order chi connectivity index (χ1) is 45.2. The maximum atomic E-state index is 14.2. The van der Waals surface area contributed by atoms with E-state index < -0.39 is 203 Å². The Morgan fingerprint density at radius 1 is 0.360 bits per heavy atom. The molecule has 0 unspecified atom stereocenters. The average Bonchev–Trinajstić information content (AvgIpc) is 0.763. The number of aliphatic imine (C=N–C) groups is 1. The van der Waals surface area contributed by atoms with Gasteiger partial charge in [-0.1, -0.05) is 123 Å². The van der Waals surface area contributed by atoms with E-state index in [1.54, 1.807) is 0 Å². The number of hydrogen-bond donors (Lipinski definition) is 0. The molecule has 9 rings (SSSR count). The molecule has 1 heterocycles. The summed E-state index contributed by atoms with van der Waals surface area (Å²) in [6.07, 6.45) is -40.8. The first-order valence-electron chi connectivity index (χ1n) is 30.1. The van der Waals surface area contributed by atoms with Gasteiger partial charge in [-0.25, -0.2) is 4.99 Å². The van der Waals surface area contributed by atoms with E-state index in [9.17, 15) is 105 Å². The summed E-state index contributed by atoms with van der Waals surface area (Å²) < 4.78 is 347. The third-order valence-electron chi connectivity index (χ3n) is 16.5. The molecule has 1 fully saturated rings. The van der Waals surface area contributed by atoms with E-state index in [4.69, 9.17) is 9.73 Å². The van der Waals surface area contributed by atoms with Crippen molar-refractivity contribution in [3.05, 3.63) is 230 Å². The molecule has 5 radical (unpaired) electrons. The first-order valence-corrected chi connectivity index (χ1v) is 31.5. The SMILES string of the molecule is Cc1cc(C)c(P(c2ccccc2C2=N[C@H](C(C)(C)C)CO2)c2c(C)cc(C)cc2C)c(C)c1.FC(F)(F)c1cc([B-](c2cc(C(F)(F)F)cc(C(F)(F)F)c2)(c2cc(C(F)(F)F)cc(C(F)(F)F)c2)c2cc(C(F)(F)F)cc(C(F)(F)F)c2)cc(C(F)(F)F)c1.[CH]1[CH]CC[CH][CH]CC1.[Ir]. The molecule has 543 valence electrons. The van der Waals surface area contributed by atoms with Crippen LogP contribution in [0.5, 0.6) is 0 Å². The summed E-state index contributed by atoms with van der Waals surface area (Å²) in [4.78, 5) is 5.08. The zero-order valence-electron chi connectivity index (χ0n) is 54.3. The summed E-state index contributed by atoms with van der Waals surface area (Å²) in [5.74, 6) is 0.799. The van der Waals surface area contributed by atoms with E-state index in [0.717, 1.165) is 11.5 Å². The number of benzene rings is 7. The fourth-order valence-corrected chi connectivity index (χ4v) is 15.2. The van der Waals surface area contributed by atoms with Crippen molar-refractivity contribution >= 4 is 57.7 Å². The fraction of sp³-hybridized carbons (Fsp3) is 0.338. The molecule has 100 heavy (non-hydrogen) atoms. The molecule has 0 amide bonds. The van der Waals surface area contributed by atoms with Gasteiger partial charge in [-0.15, -0.1) is 0 Å². The summed E-state index contributed by atoms with van der Waals surface area (Å²) in [5.41, 5.74) is -20.9. The molecule has 0 aromatic heterocycles. The van der Waals surface area contributed by atoms with Crippen LogP contribution in [-0.4, -0.2) is 24.7 Å². The topological polar surface area (TPSA) is 21.6 Å². The Bertz CT molecular complexity index is 3510. The normalized spacial score (nSPS) is 15.5. The van der Waals surface area contributed by atoms with Crippen molar-refractivity contribution < 1.29 is 130 Å². The van der Waals surface area contributed by atoms with Crippen LogP contribution in [0.2, 0.25) is 0 Å². The largest absolute Gasteiger partial charge is 0.475 e. The van der Waals surface area contributed by atoms with Gasteiger partial charge >= 0.3 is 49.4 Å². The molecule has 1 aliphatic carbocycles. The molecule has 0 N–H and O–H groups in total. The molecule has 1 saturated carbocycles. The number of halogens is 24. The van der Waals surface area contributed by atoms with E-state index in [1.165, 1.54) is 75.0 Å². The minimum atomic E-state index is -6.13. The molecule has 29 heteroatoms. The van der Waals surface area contributed by atoms with Crippen molar-refractivity contribution in [1.29, 1.82) is 0 Å². The average molecular weight is 1640 g/mol. The Kier molecular flexibility index (Phi) is 25.1. The Morgan fingerprint density at radius 3 is 0.820 bits per heavy atom. The zero-order chi connectivity index (χ0) is 74.4. The molecular weight excluding hydrogens is 1570 g/mol. The van der Waals surface area contributed by atoms with Gasteiger partial charge in [0.2, 0.25) is 5.90 Å². The quantitative estimate of drug-likeness (QED) is 0.0844. The predicted molar refractivity (Wildman–Crippen MR) is 335 cm³/mol. The third-order valence-corrected chi connectivity index (χ3v) is 19.7. The molecule has 0 bridgehead atoms. The van der Waals surface area contributed by atoms with Gasteiger partial charge in [-0.3, -0.25) is 0 Å². The van der Waals surface area contributed by atoms with E-state index in [0.29, 0.717) is 6.61 Å². The molecule has 0 saturated heterocycles. The van der Waals surface area contributed by atoms with Crippen LogP contribution in [0.4, 0.5) is 105 Å². The van der Waals surface area contributed by atoms with Crippen molar-refractivity contribution in [2.24, 2.45) is 10.4 Å². The molecule has 1 atom stereocenters. The monoisotopic (exact) mass is 1640 g/mol. The van der Waals surface area contributed by atoms with Gasteiger partial charge < -0.3 is 4.74 Å². The maximum Gasteiger partial charge on any atom is 0.416 e. The number of rotatable bonds is 8. The van der Waals surface area contributed by atoms with Crippen LogP contribution in [0, 0.1) is 72.6 Å². The molecule has 2 aliphatic rings. The fourth-order valence-electron chi connectivity index (χ4n) is 12.1. The second-order valence-corrected chi connectivity index (χ2v) is 27.3. The van der Waals surface area contributed by atoms with Crippen molar-refractivity contribution in [3.8, 4) is 0 Å². The van der Waals surface area contributed by atoms with Gasteiger partial charge in [0.25, 0.3) is 0 Å². The second-order valence-electron chi connectivity index (χ2n) is 25.3. The minimum Gasteiger partial charge on any atom is -0.475 e. The summed E-state index contributed by atoms with van der Waals surface area (Å²) in [6.45, 7) is 20.8. The van der Waals surface area contributed by atoms with Gasteiger partial charge in [0, 0.05) is 25.7 Å². The van der Waals surface area contributed by atoms with E-state index in [1.807, 2.05) is 0 Å². The summed E-state index contributed by atoms with van der Waals surface area (Å²) >= 11 is 0. The predicted octanol–water partition coefficient (Wildman–Crippen LogP) is 20.1. The molecule has 7 aromatic carbocycles. The smallest absolute Gasteiger partial charge is 0.416 e. The standard InChI is InChI=1S/C32H12BF24.C31H38NOP.C8H12.Ir/c34-25(35,36)13-1-14(26(37,38)39)6-21(5-13)33(22-7-15(27(40,41)42)2-16(8-22)28(43,44)45,23-9-17(29(46,47)48)3-18(10-23)30(49,50)51)24-11-19(31(52,53)54)4-20(12-24)32(55,56)57;1-19-14-21(3)28(22(4)15-19)34(29-23(5)16-20(2)17-24(29)6)26-13-11-10-12-25(26)30-32-27(18-33-30)31(7,8)9;1-2-4-6-8-7-5-3-1;/h1-12H;10-17,27H,18H2,1-9H3;1-2,7-8H,3-6H2;/q-1;;;/t;27-;;/m.0../s1. The molecule has 0 spiro atoms. The van der Waals surface area contributed by atoms with Crippen molar-refractivity contribution in [1.82, 2.24) is 0 Å².